The van der Waals surface area contributed by atoms with Crippen LogP contribution in [0.2, 0.25) is 0 Å². The Morgan fingerprint density at radius 1 is 0.449 bits per heavy atom. The highest BCUT2D eigenvalue weighted by Crippen LogP contribution is 2.26. The molecule has 1 heterocycles. The lowest BCUT2D eigenvalue weighted by Gasteiger charge is -2.41. The molecule has 6 N–H and O–H groups in total. The number of amides is 1. The third kappa shape index (κ3) is 51.7. The van der Waals surface area contributed by atoms with Gasteiger partial charge in [-0.3, -0.25) is 9.59 Å². The second kappa shape index (κ2) is 64.7. The van der Waals surface area contributed by atoms with Crippen molar-refractivity contribution in [3.8, 4) is 0 Å². The van der Waals surface area contributed by atoms with Crippen LogP contribution in [0, 0.1) is 0 Å². The van der Waals surface area contributed by atoms with Crippen molar-refractivity contribution >= 4 is 11.9 Å². The minimum atomic E-state index is -1.62. The molecule has 8 unspecified atom stereocenters. The minimum Gasteiger partial charge on any atom is -0.454 e. The van der Waals surface area contributed by atoms with Crippen molar-refractivity contribution in [3.05, 3.63) is 97.2 Å². The first-order valence-electron chi connectivity index (χ1n) is 37.0. The van der Waals surface area contributed by atoms with Gasteiger partial charge in [-0.25, -0.2) is 0 Å². The second-order valence-corrected chi connectivity index (χ2v) is 25.3. The van der Waals surface area contributed by atoms with Crippen LogP contribution in [0.1, 0.15) is 323 Å². The van der Waals surface area contributed by atoms with E-state index < -0.39 is 67.4 Å². The summed E-state index contributed by atoms with van der Waals surface area (Å²) in [6, 6.07) is -1.03. The number of unbranched alkanes of at least 4 members (excludes halogenated alkanes) is 35. The normalized spacial score (nSPS) is 18.7. The Morgan fingerprint density at radius 3 is 1.22 bits per heavy atom. The molecule has 0 aromatic rings. The third-order valence-electron chi connectivity index (χ3n) is 17.0. The lowest BCUT2D eigenvalue weighted by atomic mass is 9.99. The maximum atomic E-state index is 13.5. The highest BCUT2D eigenvalue weighted by molar-refractivity contribution is 5.80. The van der Waals surface area contributed by atoms with E-state index >= 15 is 0 Å². The number of carbonyl (C=O) groups is 2. The topological polar surface area (TPSA) is 175 Å². The zero-order chi connectivity index (χ0) is 64.6. The number of hydrogen-bond acceptors (Lipinski definition) is 10. The molecular formula is C78H137NO10. The molecule has 1 aliphatic rings. The molecule has 514 valence electrons. The van der Waals surface area contributed by atoms with Crippen molar-refractivity contribution in [1.29, 1.82) is 0 Å². The number of aliphatic hydroxyl groups is 5. The van der Waals surface area contributed by atoms with E-state index in [4.69, 9.17) is 14.2 Å². The Kier molecular flexibility index (Phi) is 60.7. The van der Waals surface area contributed by atoms with Gasteiger partial charge in [-0.2, -0.15) is 0 Å². The van der Waals surface area contributed by atoms with Crippen molar-refractivity contribution in [2.75, 3.05) is 13.2 Å². The number of rotatable bonds is 63. The summed E-state index contributed by atoms with van der Waals surface area (Å²) >= 11 is 0. The fourth-order valence-electron chi connectivity index (χ4n) is 11.2. The molecule has 1 aliphatic heterocycles. The predicted octanol–water partition coefficient (Wildman–Crippen LogP) is 19.4. The highest BCUT2D eigenvalue weighted by atomic mass is 16.7. The van der Waals surface area contributed by atoms with Gasteiger partial charge in [0.1, 0.15) is 24.4 Å². The average Bonchev–Trinajstić information content (AvgIpc) is 2.45. The summed E-state index contributed by atoms with van der Waals surface area (Å²) in [7, 11) is 0. The Bertz CT molecular complexity index is 1820. The van der Waals surface area contributed by atoms with Gasteiger partial charge >= 0.3 is 5.97 Å². The smallest absolute Gasteiger partial charge is 0.306 e. The standard InChI is InChI=1S/C78H137NO10/c1-4-7-10-13-16-19-22-24-26-28-30-32-34-35-36-38-39-41-43-45-47-50-53-56-59-62-65-71(82)77(86)79-69(70(81)64-61-58-55-52-49-21-18-15-12-9-6-3)68-87-78-76(75(85)74(84)72(67-80)88-78)89-73(83)66-63-60-57-54-51-48-46-44-42-40-37-33-31-29-27-25-23-20-17-14-11-8-5-2/h7,10,16,19,24-27,30,32,35-36,39,41,61,64,69-72,74-76,78,80-82,84-85H,4-6,8-9,11-15,17-18,20-23,28-29,31,33-34,37-38,40,42-60,62-63,65-68H2,1-3H3,(H,79,86)/b10-7-,19-16-,26-24-,27-25+,32-30-,36-35-,41-39-,64-61+. The molecule has 11 heteroatoms. The van der Waals surface area contributed by atoms with Gasteiger partial charge in [-0.05, 0) is 103 Å². The first-order valence-corrected chi connectivity index (χ1v) is 37.0. The molecule has 89 heavy (non-hydrogen) atoms. The number of nitrogens with one attached hydrogen (secondary N) is 1. The summed E-state index contributed by atoms with van der Waals surface area (Å²) in [6.07, 6.45) is 77.4. The van der Waals surface area contributed by atoms with Crippen LogP contribution in [0.25, 0.3) is 0 Å². The Labute approximate surface area is 546 Å². The van der Waals surface area contributed by atoms with E-state index in [2.05, 4.69) is 111 Å². The lowest BCUT2D eigenvalue weighted by Crippen LogP contribution is -2.61. The molecule has 0 aromatic carbocycles. The Morgan fingerprint density at radius 2 is 0.809 bits per heavy atom. The van der Waals surface area contributed by atoms with Gasteiger partial charge in [0.15, 0.2) is 12.4 Å². The third-order valence-corrected chi connectivity index (χ3v) is 17.0. The van der Waals surface area contributed by atoms with E-state index in [1.807, 2.05) is 6.08 Å². The van der Waals surface area contributed by atoms with Crippen molar-refractivity contribution < 1.29 is 49.3 Å². The van der Waals surface area contributed by atoms with Crippen LogP contribution in [0.3, 0.4) is 0 Å². The van der Waals surface area contributed by atoms with Gasteiger partial charge in [0.25, 0.3) is 0 Å². The number of aliphatic hydroxyl groups excluding tert-OH is 5. The van der Waals surface area contributed by atoms with Crippen LogP contribution in [-0.4, -0.2) is 99.6 Å². The number of esters is 1. The minimum absolute atomic E-state index is 0.121. The van der Waals surface area contributed by atoms with Crippen LogP contribution in [-0.2, 0) is 23.8 Å². The van der Waals surface area contributed by atoms with Crippen molar-refractivity contribution in [2.45, 2.75) is 372 Å². The first-order chi connectivity index (χ1) is 43.7. The van der Waals surface area contributed by atoms with E-state index in [0.717, 1.165) is 116 Å². The van der Waals surface area contributed by atoms with Gasteiger partial charge in [-0.15, -0.1) is 0 Å². The summed E-state index contributed by atoms with van der Waals surface area (Å²) in [5.74, 6) is -1.20. The van der Waals surface area contributed by atoms with Crippen molar-refractivity contribution in [3.63, 3.8) is 0 Å². The number of hydrogen-bond donors (Lipinski definition) is 6. The summed E-state index contributed by atoms with van der Waals surface area (Å²) in [4.78, 5) is 26.7. The molecule has 1 saturated heterocycles. The SMILES string of the molecule is CC/C=C\C/C=C\C/C=C\C/C=C\C/C=C\C/C=C\CCCCCCCCCC(O)C(=O)NC(COC1OC(CO)C(O)C(O)C1OC(=O)CCCCCCCCCCCCCCC/C=C/CCCCCCCC)C(O)/C=C/CCCCCCCCCCC. The Hall–Kier alpha value is -3.42. The molecule has 0 radical (unpaired) electrons. The van der Waals surface area contributed by atoms with E-state index in [-0.39, 0.29) is 19.4 Å². The summed E-state index contributed by atoms with van der Waals surface area (Å²) < 4.78 is 17.7. The number of ether oxygens (including phenoxy) is 3. The van der Waals surface area contributed by atoms with Gasteiger partial charge in [0, 0.05) is 6.42 Å². The van der Waals surface area contributed by atoms with E-state index in [1.54, 1.807) is 6.08 Å². The second-order valence-electron chi connectivity index (χ2n) is 25.3. The van der Waals surface area contributed by atoms with Gasteiger partial charge in [0.05, 0.1) is 25.4 Å². The molecule has 1 amide bonds. The monoisotopic (exact) mass is 1250 g/mol. The molecule has 1 fully saturated rings. The zero-order valence-corrected chi connectivity index (χ0v) is 57.3. The molecule has 11 nitrogen and oxygen atoms in total. The maximum absolute atomic E-state index is 13.5. The van der Waals surface area contributed by atoms with Gasteiger partial charge in [-0.1, -0.05) is 311 Å². The molecule has 0 saturated carbocycles. The molecule has 0 spiro atoms. The molecular weight excluding hydrogens is 1110 g/mol. The summed E-state index contributed by atoms with van der Waals surface area (Å²) in [5.41, 5.74) is 0. The number of allylic oxidation sites excluding steroid dienone is 15. The van der Waals surface area contributed by atoms with Crippen LogP contribution < -0.4 is 5.32 Å². The van der Waals surface area contributed by atoms with Crippen molar-refractivity contribution in [2.24, 2.45) is 0 Å². The van der Waals surface area contributed by atoms with Crippen LogP contribution in [0.4, 0.5) is 0 Å². The van der Waals surface area contributed by atoms with E-state index in [9.17, 15) is 35.1 Å². The van der Waals surface area contributed by atoms with Crippen molar-refractivity contribution in [1.82, 2.24) is 5.32 Å². The quantitative estimate of drug-likeness (QED) is 0.0195. The molecule has 1 rings (SSSR count). The fourth-order valence-corrected chi connectivity index (χ4v) is 11.2. The summed E-state index contributed by atoms with van der Waals surface area (Å²) in [5, 5.41) is 57.3. The maximum Gasteiger partial charge on any atom is 0.306 e. The van der Waals surface area contributed by atoms with Crippen LogP contribution >= 0.6 is 0 Å². The molecule has 0 aliphatic carbocycles. The lowest BCUT2D eigenvalue weighted by molar-refractivity contribution is -0.305. The van der Waals surface area contributed by atoms with Crippen LogP contribution in [0.5, 0.6) is 0 Å². The zero-order valence-electron chi connectivity index (χ0n) is 57.3. The number of carbonyl (C=O) groups excluding carboxylic acids is 2. The van der Waals surface area contributed by atoms with E-state index in [0.29, 0.717) is 12.8 Å². The molecule has 0 bridgehead atoms. The highest BCUT2D eigenvalue weighted by Gasteiger charge is 2.47. The van der Waals surface area contributed by atoms with Gasteiger partial charge < -0.3 is 45.1 Å². The Balaban J connectivity index is 2.54. The predicted molar refractivity (Wildman–Crippen MR) is 375 cm³/mol. The fraction of sp³-hybridized carbons (Fsp3) is 0.769. The first kappa shape index (κ1) is 83.6. The largest absolute Gasteiger partial charge is 0.454 e. The summed E-state index contributed by atoms with van der Waals surface area (Å²) in [6.45, 7) is 5.69. The molecule has 0 aromatic heterocycles. The average molecular weight is 1250 g/mol. The molecule has 8 atom stereocenters. The van der Waals surface area contributed by atoms with E-state index in [1.165, 1.54) is 161 Å². The van der Waals surface area contributed by atoms with Crippen LogP contribution in [0.15, 0.2) is 97.2 Å². The van der Waals surface area contributed by atoms with Gasteiger partial charge in [0.2, 0.25) is 5.91 Å².